The summed E-state index contributed by atoms with van der Waals surface area (Å²) in [4.78, 5) is 52.7. The predicted octanol–water partition coefficient (Wildman–Crippen LogP) is -1.33. The molecule has 3 aliphatic rings. The fraction of sp³-hybridized carbons (Fsp3) is 0.789. The Kier molecular flexibility index (Phi) is 6.74. The van der Waals surface area contributed by atoms with E-state index in [1.54, 1.807) is 4.90 Å². The molecule has 0 saturated carbocycles. The van der Waals surface area contributed by atoms with Crippen LogP contribution in [-0.2, 0) is 19.2 Å². The van der Waals surface area contributed by atoms with Crippen LogP contribution in [0.3, 0.4) is 0 Å². The largest absolute Gasteiger partial charge is 0.480 e. The highest BCUT2D eigenvalue weighted by Gasteiger charge is 2.42. The smallest absolute Gasteiger partial charge is 0.326 e. The van der Waals surface area contributed by atoms with E-state index < -0.39 is 42.0 Å². The highest BCUT2D eigenvalue weighted by Crippen LogP contribution is 2.22. The first kappa shape index (κ1) is 21.5. The van der Waals surface area contributed by atoms with Crippen LogP contribution in [0.5, 0.6) is 0 Å². The third-order valence-corrected chi connectivity index (χ3v) is 6.06. The summed E-state index contributed by atoms with van der Waals surface area (Å²) in [5.41, 5.74) is 0. The maximum atomic E-state index is 12.9. The average molecular weight is 410 g/mol. The Morgan fingerprint density at radius 3 is 2.24 bits per heavy atom. The molecule has 5 atom stereocenters. The fourth-order valence-corrected chi connectivity index (χ4v) is 4.50. The van der Waals surface area contributed by atoms with E-state index in [-0.39, 0.29) is 18.5 Å². The maximum absolute atomic E-state index is 12.9. The van der Waals surface area contributed by atoms with E-state index in [0.717, 1.165) is 19.4 Å². The van der Waals surface area contributed by atoms with Crippen molar-refractivity contribution in [1.29, 1.82) is 0 Å². The standard InChI is InChI=1S/C19H30N4O6/c1-11(24)15(18(27)23-10-4-7-14(23)19(28)29)21-16(25)13-6-3-9-22(13)17(26)12-5-2-8-20-12/h11-15,20,24H,2-10H2,1H3,(H,21,25)(H,28,29)/t11-,12-,13+,14+,15+/m1/s1. The van der Waals surface area contributed by atoms with Crippen molar-refractivity contribution in [1.82, 2.24) is 20.4 Å². The van der Waals surface area contributed by atoms with Crippen molar-refractivity contribution in [3.63, 3.8) is 0 Å². The number of likely N-dealkylation sites (tertiary alicyclic amines) is 2. The number of amides is 3. The molecule has 0 aliphatic carbocycles. The molecular weight excluding hydrogens is 380 g/mol. The molecule has 0 unspecified atom stereocenters. The molecule has 0 aromatic rings. The average Bonchev–Trinajstić information content (AvgIpc) is 3.44. The van der Waals surface area contributed by atoms with Crippen LogP contribution in [0, 0.1) is 0 Å². The van der Waals surface area contributed by atoms with Crippen LogP contribution in [0.4, 0.5) is 0 Å². The molecule has 3 saturated heterocycles. The van der Waals surface area contributed by atoms with E-state index in [1.807, 2.05) is 0 Å². The Balaban J connectivity index is 1.68. The lowest BCUT2D eigenvalue weighted by Gasteiger charge is -2.31. The summed E-state index contributed by atoms with van der Waals surface area (Å²) in [7, 11) is 0. The first-order valence-corrected chi connectivity index (χ1v) is 10.4. The van der Waals surface area contributed by atoms with Crippen molar-refractivity contribution >= 4 is 23.7 Å². The molecule has 10 nitrogen and oxygen atoms in total. The lowest BCUT2D eigenvalue weighted by Crippen LogP contribution is -2.59. The van der Waals surface area contributed by atoms with Gasteiger partial charge in [0.25, 0.3) is 0 Å². The number of aliphatic hydroxyl groups is 1. The number of carbonyl (C=O) groups is 4. The lowest BCUT2D eigenvalue weighted by molar-refractivity contribution is -0.151. The zero-order valence-electron chi connectivity index (χ0n) is 16.7. The van der Waals surface area contributed by atoms with Crippen molar-refractivity contribution in [2.45, 2.75) is 75.7 Å². The van der Waals surface area contributed by atoms with Crippen LogP contribution in [0.2, 0.25) is 0 Å². The zero-order chi connectivity index (χ0) is 21.1. The van der Waals surface area contributed by atoms with Gasteiger partial charge in [-0.3, -0.25) is 14.4 Å². The number of carboxylic acids is 1. The van der Waals surface area contributed by atoms with Crippen molar-refractivity contribution in [3.8, 4) is 0 Å². The second-order valence-corrected chi connectivity index (χ2v) is 8.09. The summed E-state index contributed by atoms with van der Waals surface area (Å²) >= 11 is 0. The minimum absolute atomic E-state index is 0.106. The molecule has 0 spiro atoms. The van der Waals surface area contributed by atoms with Crippen molar-refractivity contribution in [2.75, 3.05) is 19.6 Å². The number of carbonyl (C=O) groups excluding carboxylic acids is 3. The number of hydrogen-bond donors (Lipinski definition) is 4. The molecule has 3 aliphatic heterocycles. The van der Waals surface area contributed by atoms with Gasteiger partial charge in [-0.2, -0.15) is 0 Å². The molecular formula is C19H30N4O6. The van der Waals surface area contributed by atoms with Crippen LogP contribution < -0.4 is 10.6 Å². The van der Waals surface area contributed by atoms with Gasteiger partial charge >= 0.3 is 5.97 Å². The number of aliphatic hydroxyl groups excluding tert-OH is 1. The van der Waals surface area contributed by atoms with Gasteiger partial charge in [-0.25, -0.2) is 4.79 Å². The SMILES string of the molecule is C[C@@H](O)[C@H](NC(=O)[C@@H]1CCCN1C(=O)[C@H]1CCCN1)C(=O)N1CCC[C@H]1C(=O)O. The van der Waals surface area contributed by atoms with Crippen molar-refractivity contribution in [2.24, 2.45) is 0 Å². The molecule has 3 heterocycles. The van der Waals surface area contributed by atoms with E-state index in [9.17, 15) is 29.4 Å². The van der Waals surface area contributed by atoms with Gasteiger partial charge in [0.15, 0.2) is 0 Å². The van der Waals surface area contributed by atoms with Crippen LogP contribution in [-0.4, -0.2) is 93.6 Å². The molecule has 0 aromatic carbocycles. The molecule has 3 rings (SSSR count). The van der Waals surface area contributed by atoms with Gasteiger partial charge in [0.2, 0.25) is 17.7 Å². The summed E-state index contributed by atoms with van der Waals surface area (Å²) in [6.45, 7) is 2.92. The second kappa shape index (κ2) is 9.08. The van der Waals surface area contributed by atoms with Gasteiger partial charge in [0, 0.05) is 13.1 Å². The molecule has 0 bridgehead atoms. The van der Waals surface area contributed by atoms with Gasteiger partial charge < -0.3 is 30.6 Å². The molecule has 0 radical (unpaired) electrons. The molecule has 3 fully saturated rings. The second-order valence-electron chi connectivity index (χ2n) is 8.09. The first-order chi connectivity index (χ1) is 13.8. The third kappa shape index (κ3) is 4.53. The normalized spacial score (nSPS) is 29.0. The predicted molar refractivity (Wildman–Crippen MR) is 102 cm³/mol. The maximum Gasteiger partial charge on any atom is 0.326 e. The van der Waals surface area contributed by atoms with Crippen LogP contribution in [0.15, 0.2) is 0 Å². The Morgan fingerprint density at radius 1 is 1.00 bits per heavy atom. The van der Waals surface area contributed by atoms with Gasteiger partial charge in [0.05, 0.1) is 12.1 Å². The number of carboxylic acid groups (broad SMARTS) is 1. The van der Waals surface area contributed by atoms with Gasteiger partial charge in [-0.05, 0) is 52.0 Å². The number of nitrogens with zero attached hydrogens (tertiary/aromatic N) is 2. The summed E-state index contributed by atoms with van der Waals surface area (Å²) in [6, 6.07) is -3.16. The third-order valence-electron chi connectivity index (χ3n) is 6.06. The highest BCUT2D eigenvalue weighted by molar-refractivity contribution is 5.95. The fourth-order valence-electron chi connectivity index (χ4n) is 4.50. The molecule has 4 N–H and O–H groups in total. The number of nitrogens with one attached hydrogen (secondary N) is 2. The van der Waals surface area contributed by atoms with E-state index in [1.165, 1.54) is 11.8 Å². The van der Waals surface area contributed by atoms with E-state index in [0.29, 0.717) is 32.2 Å². The minimum Gasteiger partial charge on any atom is -0.480 e. The first-order valence-electron chi connectivity index (χ1n) is 10.4. The van der Waals surface area contributed by atoms with Crippen LogP contribution in [0.25, 0.3) is 0 Å². The topological polar surface area (TPSA) is 139 Å². The van der Waals surface area contributed by atoms with Crippen LogP contribution in [0.1, 0.15) is 45.4 Å². The number of aliphatic carboxylic acids is 1. The molecule has 10 heteroatoms. The number of hydrogen-bond acceptors (Lipinski definition) is 6. The summed E-state index contributed by atoms with van der Waals surface area (Å²) in [5, 5.41) is 25.1. The van der Waals surface area contributed by atoms with E-state index in [2.05, 4.69) is 10.6 Å². The Bertz CT molecular complexity index is 663. The van der Waals surface area contributed by atoms with Gasteiger partial charge in [0.1, 0.15) is 18.1 Å². The van der Waals surface area contributed by atoms with E-state index >= 15 is 0 Å². The zero-order valence-corrected chi connectivity index (χ0v) is 16.7. The minimum atomic E-state index is -1.25. The van der Waals surface area contributed by atoms with Crippen LogP contribution >= 0.6 is 0 Å². The Hall–Kier alpha value is -2.20. The monoisotopic (exact) mass is 410 g/mol. The molecule has 3 amide bonds. The lowest BCUT2D eigenvalue weighted by atomic mass is 10.1. The molecule has 0 aromatic heterocycles. The summed E-state index contributed by atoms with van der Waals surface area (Å²) in [6.07, 6.45) is 2.56. The summed E-state index contributed by atoms with van der Waals surface area (Å²) in [5.74, 6) is -2.29. The van der Waals surface area contributed by atoms with Crippen molar-refractivity contribution < 1.29 is 29.4 Å². The molecule has 162 valence electrons. The summed E-state index contributed by atoms with van der Waals surface area (Å²) < 4.78 is 0. The van der Waals surface area contributed by atoms with Crippen molar-refractivity contribution in [3.05, 3.63) is 0 Å². The quantitative estimate of drug-likeness (QED) is 0.425. The Labute approximate surface area is 169 Å². The number of rotatable bonds is 6. The Morgan fingerprint density at radius 2 is 1.66 bits per heavy atom. The van der Waals surface area contributed by atoms with E-state index in [4.69, 9.17) is 0 Å². The van der Waals surface area contributed by atoms with Gasteiger partial charge in [-0.15, -0.1) is 0 Å². The van der Waals surface area contributed by atoms with Gasteiger partial charge in [-0.1, -0.05) is 0 Å². The molecule has 29 heavy (non-hydrogen) atoms. The highest BCUT2D eigenvalue weighted by atomic mass is 16.4.